The van der Waals surface area contributed by atoms with E-state index in [2.05, 4.69) is 15.6 Å². The number of hydrogen-bond donors (Lipinski definition) is 3. The minimum absolute atomic E-state index is 0.0166. The van der Waals surface area contributed by atoms with Crippen molar-refractivity contribution in [3.05, 3.63) is 108 Å². The van der Waals surface area contributed by atoms with Gasteiger partial charge in [0, 0.05) is 32.0 Å². The number of β-amino-alcohol motifs (C(OH)–C–C–N with tert-alkyl or cyclic N) is 1. The van der Waals surface area contributed by atoms with Gasteiger partial charge in [0.2, 0.25) is 17.7 Å². The molecule has 0 aliphatic carbocycles. The van der Waals surface area contributed by atoms with Crippen LogP contribution >= 0.6 is 0 Å². The summed E-state index contributed by atoms with van der Waals surface area (Å²) in [5.41, 5.74) is 9.82. The monoisotopic (exact) mass is 608 g/mol. The second-order valence-electron chi connectivity index (χ2n) is 12.7. The van der Waals surface area contributed by atoms with Gasteiger partial charge in [-0.1, -0.05) is 111 Å². The van der Waals surface area contributed by atoms with Gasteiger partial charge in [-0.3, -0.25) is 14.4 Å². The molecule has 10 heteroatoms. The molecule has 4 aromatic rings. The molecule has 4 N–H and O–H groups in total. The Morgan fingerprint density at radius 1 is 0.933 bits per heavy atom. The maximum Gasteiger partial charge on any atom is 0.248 e. The van der Waals surface area contributed by atoms with Crippen LogP contribution in [-0.2, 0) is 27.2 Å². The Morgan fingerprint density at radius 2 is 1.56 bits per heavy atom. The SMILES string of the molecule is CC(C)(C)C(C(=O)N1C[C@H](O)C[C@H]1C(=O)NC(Cc1ccc(-c2ccccc2)cc1)C(N)=O)n1cc(Cc2ccccc2)nn1. The van der Waals surface area contributed by atoms with Crippen LogP contribution in [0.25, 0.3) is 11.1 Å². The number of carbonyl (C=O) groups is 3. The number of likely N-dealkylation sites (tertiary alicyclic amines) is 1. The van der Waals surface area contributed by atoms with Gasteiger partial charge in [0.15, 0.2) is 0 Å². The maximum absolute atomic E-state index is 14.1. The van der Waals surface area contributed by atoms with Crippen LogP contribution in [0.15, 0.2) is 91.1 Å². The van der Waals surface area contributed by atoms with Gasteiger partial charge >= 0.3 is 0 Å². The zero-order valence-electron chi connectivity index (χ0n) is 25.8. The van der Waals surface area contributed by atoms with E-state index < -0.39 is 41.5 Å². The quantitative estimate of drug-likeness (QED) is 0.252. The molecular formula is C35H40N6O4. The molecule has 0 radical (unpaired) electrons. The summed E-state index contributed by atoms with van der Waals surface area (Å²) in [7, 11) is 0. The lowest BCUT2D eigenvalue weighted by molar-refractivity contribution is -0.144. The van der Waals surface area contributed by atoms with Crippen LogP contribution in [0.2, 0.25) is 0 Å². The highest BCUT2D eigenvalue weighted by Gasteiger charge is 2.45. The van der Waals surface area contributed by atoms with E-state index in [0.29, 0.717) is 12.1 Å². The molecule has 10 nitrogen and oxygen atoms in total. The molecule has 45 heavy (non-hydrogen) atoms. The molecule has 1 aliphatic rings. The minimum atomic E-state index is -0.996. The molecule has 1 aliphatic heterocycles. The molecule has 0 bridgehead atoms. The third-order valence-corrected chi connectivity index (χ3v) is 8.13. The molecule has 1 aromatic heterocycles. The second kappa shape index (κ2) is 13.4. The summed E-state index contributed by atoms with van der Waals surface area (Å²) >= 11 is 0. The molecule has 3 aromatic carbocycles. The number of nitrogens with two attached hydrogens (primary N) is 1. The van der Waals surface area contributed by atoms with Crippen molar-refractivity contribution in [3.63, 3.8) is 0 Å². The number of carbonyl (C=O) groups excluding carboxylic acids is 3. The average Bonchev–Trinajstić information content (AvgIpc) is 3.63. The van der Waals surface area contributed by atoms with E-state index in [0.717, 1.165) is 22.3 Å². The van der Waals surface area contributed by atoms with Gasteiger partial charge in [-0.15, -0.1) is 5.10 Å². The third kappa shape index (κ3) is 7.64. The summed E-state index contributed by atoms with van der Waals surface area (Å²) < 4.78 is 1.55. The molecule has 0 spiro atoms. The van der Waals surface area contributed by atoms with Crippen molar-refractivity contribution in [3.8, 4) is 11.1 Å². The Bertz CT molecular complexity index is 1620. The number of benzene rings is 3. The fraction of sp³-hybridized carbons (Fsp3) is 0.343. The van der Waals surface area contributed by atoms with Crippen LogP contribution < -0.4 is 11.1 Å². The second-order valence-corrected chi connectivity index (χ2v) is 12.7. The number of aliphatic hydroxyl groups is 1. The molecule has 1 saturated heterocycles. The van der Waals surface area contributed by atoms with Gasteiger partial charge in [0.1, 0.15) is 18.1 Å². The van der Waals surface area contributed by atoms with Crippen molar-refractivity contribution >= 4 is 17.7 Å². The Morgan fingerprint density at radius 3 is 2.18 bits per heavy atom. The zero-order chi connectivity index (χ0) is 32.1. The lowest BCUT2D eigenvalue weighted by Crippen LogP contribution is -2.54. The molecular weight excluding hydrogens is 568 g/mol. The van der Waals surface area contributed by atoms with E-state index in [1.807, 2.05) is 106 Å². The fourth-order valence-electron chi connectivity index (χ4n) is 5.86. The van der Waals surface area contributed by atoms with Gasteiger partial charge < -0.3 is 21.1 Å². The van der Waals surface area contributed by atoms with E-state index in [-0.39, 0.29) is 25.3 Å². The molecule has 0 saturated carbocycles. The highest BCUT2D eigenvalue weighted by molar-refractivity contribution is 5.93. The number of primary amides is 1. The smallest absolute Gasteiger partial charge is 0.248 e. The Balaban J connectivity index is 1.30. The van der Waals surface area contributed by atoms with E-state index >= 15 is 0 Å². The van der Waals surface area contributed by atoms with E-state index in [9.17, 15) is 19.5 Å². The fourth-order valence-corrected chi connectivity index (χ4v) is 5.86. The standard InChI is InChI=1S/C35H40N6O4/c1-35(2,3)31(41-21-27(38-39-41)18-23-10-6-4-7-11-23)34(45)40-22-28(42)20-30(40)33(44)37-29(32(36)43)19-24-14-16-26(17-15-24)25-12-8-5-9-13-25/h4-17,21,28-31,42H,18-20,22H2,1-3H3,(H2,36,43)(H,37,44)/t28-,29?,30+,31?/m1/s1. The lowest BCUT2D eigenvalue weighted by atomic mass is 9.85. The van der Waals surface area contributed by atoms with Crippen molar-refractivity contribution < 1.29 is 19.5 Å². The number of nitrogens with zero attached hydrogens (tertiary/aromatic N) is 4. The first-order chi connectivity index (χ1) is 21.5. The summed E-state index contributed by atoms with van der Waals surface area (Å²) in [6.45, 7) is 5.74. The molecule has 2 unspecified atom stereocenters. The van der Waals surface area contributed by atoms with Gasteiger partial charge in [0.25, 0.3) is 0 Å². The van der Waals surface area contributed by atoms with Crippen LogP contribution in [0.4, 0.5) is 0 Å². The topological polar surface area (TPSA) is 143 Å². The first-order valence-electron chi connectivity index (χ1n) is 15.2. The summed E-state index contributed by atoms with van der Waals surface area (Å²) in [5, 5.41) is 22.0. The van der Waals surface area contributed by atoms with Gasteiger partial charge in [0.05, 0.1) is 11.8 Å². The normalized spacial score (nSPS) is 17.9. The average molecular weight is 609 g/mol. The number of rotatable bonds is 10. The van der Waals surface area contributed by atoms with Gasteiger partial charge in [-0.25, -0.2) is 4.68 Å². The number of hydrogen-bond acceptors (Lipinski definition) is 6. The number of amides is 3. The van der Waals surface area contributed by atoms with Crippen LogP contribution in [0.5, 0.6) is 0 Å². The predicted molar refractivity (Wildman–Crippen MR) is 171 cm³/mol. The Labute approximate surface area is 263 Å². The molecule has 1 fully saturated rings. The molecule has 5 rings (SSSR count). The Hall–Kier alpha value is -4.83. The van der Waals surface area contributed by atoms with Crippen molar-refractivity contribution in [1.29, 1.82) is 0 Å². The van der Waals surface area contributed by atoms with Crippen LogP contribution in [-0.4, -0.2) is 67.5 Å². The molecule has 3 amide bonds. The van der Waals surface area contributed by atoms with Crippen molar-refractivity contribution in [2.45, 2.75) is 64.3 Å². The lowest BCUT2D eigenvalue weighted by Gasteiger charge is -2.34. The number of aliphatic hydroxyl groups excluding tert-OH is 1. The third-order valence-electron chi connectivity index (χ3n) is 8.13. The van der Waals surface area contributed by atoms with Gasteiger partial charge in [-0.05, 0) is 27.7 Å². The molecule has 4 atom stereocenters. The first-order valence-corrected chi connectivity index (χ1v) is 15.2. The summed E-state index contributed by atoms with van der Waals surface area (Å²) in [4.78, 5) is 41.6. The maximum atomic E-state index is 14.1. The van der Waals surface area contributed by atoms with Crippen LogP contribution in [0.1, 0.15) is 50.1 Å². The first kappa shape index (κ1) is 31.6. The zero-order valence-corrected chi connectivity index (χ0v) is 25.8. The van der Waals surface area contributed by atoms with Crippen molar-refractivity contribution in [1.82, 2.24) is 25.2 Å². The minimum Gasteiger partial charge on any atom is -0.391 e. The van der Waals surface area contributed by atoms with E-state index in [1.54, 1.807) is 10.9 Å². The van der Waals surface area contributed by atoms with E-state index in [4.69, 9.17) is 5.73 Å². The van der Waals surface area contributed by atoms with Crippen LogP contribution in [0, 0.1) is 5.41 Å². The van der Waals surface area contributed by atoms with Gasteiger partial charge in [-0.2, -0.15) is 0 Å². The molecule has 234 valence electrons. The van der Waals surface area contributed by atoms with E-state index in [1.165, 1.54) is 4.90 Å². The Kier molecular flexibility index (Phi) is 9.43. The largest absolute Gasteiger partial charge is 0.391 e. The highest BCUT2D eigenvalue weighted by atomic mass is 16.3. The molecule has 2 heterocycles. The van der Waals surface area contributed by atoms with Crippen LogP contribution in [0.3, 0.4) is 0 Å². The number of nitrogens with one attached hydrogen (secondary N) is 1. The van der Waals surface area contributed by atoms with Crippen molar-refractivity contribution in [2.24, 2.45) is 11.1 Å². The summed E-state index contributed by atoms with van der Waals surface area (Å²) in [5.74, 6) is -1.59. The highest BCUT2D eigenvalue weighted by Crippen LogP contribution is 2.34. The summed E-state index contributed by atoms with van der Waals surface area (Å²) in [6.07, 6.45) is 1.65. The predicted octanol–water partition coefficient (Wildman–Crippen LogP) is 3.30. The number of aromatic nitrogens is 3. The summed E-state index contributed by atoms with van der Waals surface area (Å²) in [6, 6.07) is 24.7. The van der Waals surface area contributed by atoms with Crippen molar-refractivity contribution in [2.75, 3.05) is 6.54 Å².